The molecule has 0 spiro atoms. The fourth-order valence-electron chi connectivity index (χ4n) is 4.45. The maximum atomic E-state index is 13.1. The van der Waals surface area contributed by atoms with E-state index in [-0.39, 0.29) is 30.4 Å². The van der Waals surface area contributed by atoms with Crippen LogP contribution >= 0.6 is 0 Å². The summed E-state index contributed by atoms with van der Waals surface area (Å²) in [5.41, 5.74) is 7.42. The predicted molar refractivity (Wildman–Crippen MR) is 131 cm³/mol. The van der Waals surface area contributed by atoms with E-state index in [0.29, 0.717) is 25.8 Å². The molecule has 3 rings (SSSR count). The number of esters is 1. The predicted octanol–water partition coefficient (Wildman–Crippen LogP) is 3.26. The van der Waals surface area contributed by atoms with Crippen molar-refractivity contribution < 1.29 is 19.1 Å². The van der Waals surface area contributed by atoms with Gasteiger partial charge in [-0.1, -0.05) is 43.2 Å². The smallest absolute Gasteiger partial charge is 0.328 e. The number of allylic oxidation sites excluding steroid dienone is 1. The number of unbranched alkanes of at least 4 members (excludes halogenated alkanes) is 2. The van der Waals surface area contributed by atoms with Gasteiger partial charge in [0.25, 0.3) is 0 Å². The van der Waals surface area contributed by atoms with Crippen molar-refractivity contribution in [2.75, 3.05) is 7.11 Å². The molecule has 2 bridgehead atoms. The van der Waals surface area contributed by atoms with Gasteiger partial charge in [0.05, 0.1) is 12.9 Å². The van der Waals surface area contributed by atoms with E-state index < -0.39 is 17.9 Å². The summed E-state index contributed by atoms with van der Waals surface area (Å²) in [4.78, 5) is 38.5. The molecule has 0 saturated heterocycles. The lowest BCUT2D eigenvalue weighted by Crippen LogP contribution is -2.44. The third-order valence-electron chi connectivity index (χ3n) is 6.25. The number of carbonyl (C=O) groups excluding carboxylic acids is 3. The topological polar surface area (TPSA) is 127 Å². The van der Waals surface area contributed by atoms with Crippen molar-refractivity contribution in [1.29, 1.82) is 5.41 Å². The van der Waals surface area contributed by atoms with Crippen LogP contribution in [0.4, 0.5) is 0 Å². The molecule has 0 radical (unpaired) electrons. The van der Waals surface area contributed by atoms with E-state index in [1.807, 2.05) is 42.6 Å². The Kier molecular flexibility index (Phi) is 9.01. The molecular formula is C26H34N4O4. The molecule has 0 fully saturated rings. The molecule has 1 aromatic carbocycles. The van der Waals surface area contributed by atoms with Gasteiger partial charge in [-0.05, 0) is 30.9 Å². The van der Waals surface area contributed by atoms with Crippen LogP contribution in [-0.4, -0.2) is 41.2 Å². The van der Waals surface area contributed by atoms with Gasteiger partial charge < -0.3 is 20.4 Å². The third kappa shape index (κ3) is 6.79. The first-order valence-corrected chi connectivity index (χ1v) is 11.8. The molecule has 8 nitrogen and oxygen atoms in total. The van der Waals surface area contributed by atoms with Gasteiger partial charge in [-0.15, -0.1) is 0 Å². The van der Waals surface area contributed by atoms with Crippen LogP contribution in [-0.2, 0) is 32.1 Å². The zero-order chi connectivity index (χ0) is 24.5. The molecule has 2 heterocycles. The zero-order valence-corrected chi connectivity index (χ0v) is 19.7. The maximum absolute atomic E-state index is 13.1. The number of fused-ring (bicyclic) bond motifs is 5. The molecule has 34 heavy (non-hydrogen) atoms. The Morgan fingerprint density at radius 1 is 1.21 bits per heavy atom. The number of benzene rings is 1. The van der Waals surface area contributed by atoms with Crippen LogP contribution in [0.3, 0.4) is 0 Å². The molecule has 1 aliphatic heterocycles. The number of nitrogens with one attached hydrogen (secondary N) is 2. The molecule has 2 aromatic rings. The Morgan fingerprint density at radius 3 is 2.76 bits per heavy atom. The number of aromatic nitrogens is 1. The van der Waals surface area contributed by atoms with Crippen molar-refractivity contribution in [3.05, 3.63) is 48.2 Å². The highest BCUT2D eigenvalue weighted by Crippen LogP contribution is 2.24. The number of Topliss-reactive ketones (excluding diaryl/α,β-unsaturated/α-hetero) is 1. The van der Waals surface area contributed by atoms with Crippen LogP contribution < -0.4 is 11.1 Å². The summed E-state index contributed by atoms with van der Waals surface area (Å²) in [6.07, 6.45) is 9.90. The Balaban J connectivity index is 1.84. The van der Waals surface area contributed by atoms with Crippen LogP contribution in [0.1, 0.15) is 50.5 Å². The Labute approximate surface area is 200 Å². The summed E-state index contributed by atoms with van der Waals surface area (Å²) in [6, 6.07) is 7.18. The Bertz CT molecular complexity index is 1070. The third-order valence-corrected chi connectivity index (χ3v) is 6.25. The summed E-state index contributed by atoms with van der Waals surface area (Å²) in [5.74, 6) is -1.20. The lowest BCUT2D eigenvalue weighted by Gasteiger charge is -2.20. The number of hydrogen-bond acceptors (Lipinski definition) is 5. The highest BCUT2D eigenvalue weighted by atomic mass is 16.5. The van der Waals surface area contributed by atoms with Gasteiger partial charge in [-0.25, -0.2) is 4.79 Å². The summed E-state index contributed by atoms with van der Waals surface area (Å²) in [5, 5.41) is 11.2. The van der Waals surface area contributed by atoms with Gasteiger partial charge >= 0.3 is 5.97 Å². The summed E-state index contributed by atoms with van der Waals surface area (Å²) in [6.45, 7) is 0.597. The fourth-order valence-corrected chi connectivity index (χ4v) is 4.45. The minimum atomic E-state index is -0.802. The summed E-state index contributed by atoms with van der Waals surface area (Å²) < 4.78 is 6.98. The number of nitrogens with two attached hydrogens (primary N) is 1. The van der Waals surface area contributed by atoms with Gasteiger partial charge in [-0.3, -0.25) is 15.0 Å². The molecule has 4 N–H and O–H groups in total. The van der Waals surface area contributed by atoms with Crippen LogP contribution in [0.25, 0.3) is 10.9 Å². The molecule has 2 atom stereocenters. The fraction of sp³-hybridized carbons (Fsp3) is 0.462. The van der Waals surface area contributed by atoms with Crippen molar-refractivity contribution in [2.45, 2.75) is 64.0 Å². The van der Waals surface area contributed by atoms with Gasteiger partial charge in [0, 0.05) is 48.8 Å². The lowest BCUT2D eigenvalue weighted by molar-refractivity contribution is -0.145. The highest BCUT2D eigenvalue weighted by Gasteiger charge is 2.27. The van der Waals surface area contributed by atoms with E-state index in [0.717, 1.165) is 35.7 Å². The van der Waals surface area contributed by atoms with Crippen molar-refractivity contribution >= 4 is 34.4 Å². The molecule has 1 aliphatic rings. The average molecular weight is 467 g/mol. The molecule has 8 heteroatoms. The second-order valence-electron chi connectivity index (χ2n) is 8.86. The quantitative estimate of drug-likeness (QED) is 0.190. The molecule has 0 saturated carbocycles. The van der Waals surface area contributed by atoms with E-state index in [9.17, 15) is 14.4 Å². The number of methoxy groups -OCH3 is 1. The van der Waals surface area contributed by atoms with Crippen molar-refractivity contribution in [1.82, 2.24) is 9.88 Å². The number of nitrogens with zero attached hydrogens (tertiary/aromatic N) is 1. The number of ether oxygens (including phenoxy) is 1. The Morgan fingerprint density at radius 2 is 2.00 bits per heavy atom. The number of amidine groups is 1. The van der Waals surface area contributed by atoms with Crippen molar-refractivity contribution in [3.63, 3.8) is 0 Å². The second-order valence-corrected chi connectivity index (χ2v) is 8.86. The van der Waals surface area contributed by atoms with Gasteiger partial charge in [0.1, 0.15) is 11.8 Å². The van der Waals surface area contributed by atoms with Crippen molar-refractivity contribution in [2.24, 2.45) is 11.7 Å². The van der Waals surface area contributed by atoms with Crippen LogP contribution in [0.15, 0.2) is 42.6 Å². The van der Waals surface area contributed by atoms with Crippen LogP contribution in [0.5, 0.6) is 0 Å². The first kappa shape index (κ1) is 25.2. The highest BCUT2D eigenvalue weighted by molar-refractivity contribution is 5.93. The first-order valence-electron chi connectivity index (χ1n) is 11.8. The number of amides is 1. The van der Waals surface area contributed by atoms with Gasteiger partial charge in [0.2, 0.25) is 5.91 Å². The molecule has 1 amide bonds. The number of rotatable bonds is 7. The van der Waals surface area contributed by atoms with E-state index in [4.69, 9.17) is 15.9 Å². The molecule has 182 valence electrons. The van der Waals surface area contributed by atoms with Gasteiger partial charge in [0.15, 0.2) is 0 Å². The van der Waals surface area contributed by atoms with Crippen LogP contribution in [0, 0.1) is 11.3 Å². The zero-order valence-electron chi connectivity index (χ0n) is 19.7. The van der Waals surface area contributed by atoms with E-state index in [1.165, 1.54) is 7.11 Å². The Hall–Kier alpha value is -3.42. The molecule has 1 aromatic heterocycles. The monoisotopic (exact) mass is 466 g/mol. The lowest BCUT2D eigenvalue weighted by atomic mass is 9.92. The SMILES string of the molecule is COC(=O)[C@H]1CC=CCn2cc(c3ccccc32)CC(=O)C[C@@H](CCCCCC(=N)N)C(=O)N1. The van der Waals surface area contributed by atoms with Crippen molar-refractivity contribution in [3.8, 4) is 0 Å². The number of hydrogen-bond donors (Lipinski definition) is 3. The number of ketones is 1. The normalized spacial score (nSPS) is 19.4. The summed E-state index contributed by atoms with van der Waals surface area (Å²) in [7, 11) is 1.30. The molecule has 0 aliphatic carbocycles. The number of para-hydroxylation sites is 1. The van der Waals surface area contributed by atoms with Crippen LogP contribution in [0.2, 0.25) is 0 Å². The van der Waals surface area contributed by atoms with E-state index >= 15 is 0 Å². The van der Waals surface area contributed by atoms with E-state index in [1.54, 1.807) is 0 Å². The van der Waals surface area contributed by atoms with E-state index in [2.05, 4.69) is 9.88 Å². The molecular weight excluding hydrogens is 432 g/mol. The van der Waals surface area contributed by atoms with Gasteiger partial charge in [-0.2, -0.15) is 0 Å². The minimum Gasteiger partial charge on any atom is -0.467 e. The summed E-state index contributed by atoms with van der Waals surface area (Å²) >= 11 is 0. The molecule has 0 unspecified atom stereocenters. The minimum absolute atomic E-state index is 0.00555. The number of carbonyl (C=O) groups is 3. The average Bonchev–Trinajstić information content (AvgIpc) is 3.15. The first-order chi connectivity index (χ1) is 16.4. The standard InChI is InChI=1S/C26H34N4O4/c1-34-26(33)22-11-7-8-14-30-17-19(21-10-5-6-12-23(21)30)16-20(31)15-18(25(32)29-22)9-3-2-4-13-24(27)28/h5-8,10,12,17-18,22H,2-4,9,11,13-16H2,1H3,(H3,27,28)(H,29,32)/t18-,22-/m1/s1. The second kappa shape index (κ2) is 12.2. The maximum Gasteiger partial charge on any atom is 0.328 e. The largest absolute Gasteiger partial charge is 0.467 e.